The van der Waals surface area contributed by atoms with Gasteiger partial charge < -0.3 is 10.2 Å². The van der Waals surface area contributed by atoms with Gasteiger partial charge in [-0.15, -0.1) is 0 Å². The van der Waals surface area contributed by atoms with Gasteiger partial charge in [0.15, 0.2) is 0 Å². The van der Waals surface area contributed by atoms with Gasteiger partial charge in [0.2, 0.25) is 0 Å². The van der Waals surface area contributed by atoms with E-state index >= 15 is 0 Å². The van der Waals surface area contributed by atoms with Crippen LogP contribution in [-0.4, -0.2) is 10.2 Å². The lowest BCUT2D eigenvalue weighted by Gasteiger charge is -1.92. The number of phenolic OH excluding ortho intramolecular Hbond substituents is 1. The van der Waals surface area contributed by atoms with Crippen LogP contribution in [0.1, 0.15) is 11.1 Å². The van der Waals surface area contributed by atoms with Gasteiger partial charge in [-0.3, -0.25) is 0 Å². The lowest BCUT2D eigenvalue weighted by Crippen LogP contribution is -1.79. The van der Waals surface area contributed by atoms with Gasteiger partial charge >= 0.3 is 0 Å². The van der Waals surface area contributed by atoms with Crippen molar-refractivity contribution in [3.8, 4) is 5.75 Å². The Balaban J connectivity index is 0.000000171. The molecule has 2 aromatic carbocycles. The van der Waals surface area contributed by atoms with Crippen molar-refractivity contribution in [1.29, 1.82) is 0 Å². The molecule has 0 amide bonds. The highest BCUT2D eigenvalue weighted by Crippen LogP contribution is 2.08. The van der Waals surface area contributed by atoms with Crippen molar-refractivity contribution in [2.75, 3.05) is 0 Å². The highest BCUT2D eigenvalue weighted by atomic mass is 35.5. The molecule has 0 aliphatic rings. The van der Waals surface area contributed by atoms with E-state index in [-0.39, 0.29) is 6.61 Å². The summed E-state index contributed by atoms with van der Waals surface area (Å²) in [5.41, 5.74) is 2.06. The quantitative estimate of drug-likeness (QED) is 0.813. The zero-order valence-electron chi connectivity index (χ0n) is 9.60. The van der Waals surface area contributed by atoms with E-state index in [1.165, 1.54) is 5.56 Å². The van der Waals surface area contributed by atoms with Gasteiger partial charge in [0.05, 0.1) is 6.61 Å². The minimum Gasteiger partial charge on any atom is -0.508 e. The maximum Gasteiger partial charge on any atom is 0.115 e. The molecule has 0 saturated heterocycles. The number of phenols is 1. The molecule has 2 aromatic rings. The summed E-state index contributed by atoms with van der Waals surface area (Å²) in [5.74, 6) is 0.329. The Labute approximate surface area is 106 Å². The molecule has 0 saturated carbocycles. The fourth-order valence-corrected chi connectivity index (χ4v) is 1.26. The molecular formula is C14H15ClO2. The molecule has 0 aliphatic heterocycles. The minimum atomic E-state index is 0.0805. The lowest BCUT2D eigenvalue weighted by atomic mass is 10.2. The van der Waals surface area contributed by atoms with E-state index < -0.39 is 0 Å². The summed E-state index contributed by atoms with van der Waals surface area (Å²) in [6.07, 6.45) is 0. The van der Waals surface area contributed by atoms with E-state index in [1.807, 2.05) is 19.1 Å². The molecule has 0 atom stereocenters. The molecule has 0 radical (unpaired) electrons. The maximum absolute atomic E-state index is 8.76. The van der Waals surface area contributed by atoms with E-state index in [0.717, 1.165) is 5.56 Å². The number of aryl methyl sites for hydroxylation is 1. The fourth-order valence-electron chi connectivity index (χ4n) is 1.13. The predicted octanol–water partition coefficient (Wildman–Crippen LogP) is 3.53. The number of rotatable bonds is 1. The van der Waals surface area contributed by atoms with E-state index in [0.29, 0.717) is 10.8 Å². The van der Waals surface area contributed by atoms with E-state index in [4.69, 9.17) is 21.8 Å². The topological polar surface area (TPSA) is 40.5 Å². The molecule has 0 aromatic heterocycles. The fraction of sp³-hybridized carbons (Fsp3) is 0.143. The van der Waals surface area contributed by atoms with Crippen LogP contribution < -0.4 is 0 Å². The zero-order chi connectivity index (χ0) is 12.7. The van der Waals surface area contributed by atoms with Gasteiger partial charge in [-0.25, -0.2) is 0 Å². The summed E-state index contributed by atoms with van der Waals surface area (Å²) in [7, 11) is 0. The van der Waals surface area contributed by atoms with Gasteiger partial charge in [-0.2, -0.15) is 0 Å². The average molecular weight is 251 g/mol. The second kappa shape index (κ2) is 6.94. The summed E-state index contributed by atoms with van der Waals surface area (Å²) >= 11 is 5.59. The highest BCUT2D eigenvalue weighted by molar-refractivity contribution is 6.30. The van der Waals surface area contributed by atoms with Crippen LogP contribution >= 0.6 is 11.6 Å². The molecule has 0 unspecified atom stereocenters. The molecule has 0 fully saturated rings. The van der Waals surface area contributed by atoms with Crippen molar-refractivity contribution >= 4 is 11.6 Å². The summed E-state index contributed by atoms with van der Waals surface area (Å²) in [6, 6.07) is 14.2. The van der Waals surface area contributed by atoms with Crippen LogP contribution in [0.15, 0.2) is 48.5 Å². The van der Waals surface area contributed by atoms with Crippen LogP contribution in [0, 0.1) is 6.92 Å². The number of hydrogen-bond donors (Lipinski definition) is 2. The second-order valence-corrected chi connectivity index (χ2v) is 4.06. The van der Waals surface area contributed by atoms with Gasteiger partial charge in [0.1, 0.15) is 5.75 Å². The third kappa shape index (κ3) is 5.38. The molecule has 0 aliphatic carbocycles. The molecule has 90 valence electrons. The van der Waals surface area contributed by atoms with Crippen LogP contribution in [0.5, 0.6) is 5.75 Å². The Morgan fingerprint density at radius 1 is 0.941 bits per heavy atom. The first-order chi connectivity index (χ1) is 8.11. The normalized spacial score (nSPS) is 9.35. The minimum absolute atomic E-state index is 0.0805. The molecule has 0 bridgehead atoms. The highest BCUT2D eigenvalue weighted by Gasteiger charge is 1.87. The lowest BCUT2D eigenvalue weighted by molar-refractivity contribution is 0.282. The Morgan fingerprint density at radius 3 is 1.88 bits per heavy atom. The molecule has 0 spiro atoms. The molecule has 3 heteroatoms. The third-order valence-corrected chi connectivity index (χ3v) is 2.38. The molecule has 2 nitrogen and oxygen atoms in total. The third-order valence-electron chi connectivity index (χ3n) is 2.13. The van der Waals surface area contributed by atoms with Crippen LogP contribution in [0.25, 0.3) is 0 Å². The zero-order valence-corrected chi connectivity index (χ0v) is 10.4. The monoisotopic (exact) mass is 250 g/mol. The average Bonchev–Trinajstić information content (AvgIpc) is 2.35. The Morgan fingerprint density at radius 2 is 1.47 bits per heavy atom. The standard InChI is InChI=1S/C7H7ClO.C7H8O/c8-7-3-1-6(5-9)2-4-7;1-6-2-4-7(8)5-3-6/h1-4,9H,5H2;2-5,8H,1H3. The summed E-state index contributed by atoms with van der Waals surface area (Å²) in [6.45, 7) is 2.07. The van der Waals surface area contributed by atoms with Gasteiger partial charge in [0.25, 0.3) is 0 Å². The van der Waals surface area contributed by atoms with Gasteiger partial charge in [-0.05, 0) is 36.8 Å². The number of aromatic hydroxyl groups is 1. The van der Waals surface area contributed by atoms with E-state index in [2.05, 4.69) is 0 Å². The SMILES string of the molecule is Cc1ccc(O)cc1.OCc1ccc(Cl)cc1. The smallest absolute Gasteiger partial charge is 0.115 e. The largest absolute Gasteiger partial charge is 0.508 e. The summed E-state index contributed by atoms with van der Waals surface area (Å²) in [4.78, 5) is 0. The van der Waals surface area contributed by atoms with E-state index in [1.54, 1.807) is 36.4 Å². The first kappa shape index (κ1) is 13.6. The molecule has 2 N–H and O–H groups in total. The predicted molar refractivity (Wildman–Crippen MR) is 70.2 cm³/mol. The summed E-state index contributed by atoms with van der Waals surface area (Å²) < 4.78 is 0. The number of hydrogen-bond acceptors (Lipinski definition) is 2. The number of aliphatic hydroxyl groups is 1. The number of aliphatic hydroxyl groups excluding tert-OH is 1. The second-order valence-electron chi connectivity index (χ2n) is 3.62. The molecule has 0 heterocycles. The van der Waals surface area contributed by atoms with Crippen molar-refractivity contribution in [2.45, 2.75) is 13.5 Å². The van der Waals surface area contributed by atoms with Crippen molar-refractivity contribution in [3.05, 3.63) is 64.7 Å². The van der Waals surface area contributed by atoms with Crippen LogP contribution in [0.3, 0.4) is 0 Å². The molecule has 2 rings (SSSR count). The Bertz CT molecular complexity index is 414. The Kier molecular flexibility index (Phi) is 5.53. The van der Waals surface area contributed by atoms with Gasteiger partial charge in [0, 0.05) is 5.02 Å². The van der Waals surface area contributed by atoms with Gasteiger partial charge in [-0.1, -0.05) is 41.4 Å². The number of benzene rings is 2. The number of halogens is 1. The van der Waals surface area contributed by atoms with Crippen molar-refractivity contribution in [2.24, 2.45) is 0 Å². The Hall–Kier alpha value is -1.51. The van der Waals surface area contributed by atoms with E-state index in [9.17, 15) is 0 Å². The van der Waals surface area contributed by atoms with Crippen LogP contribution in [-0.2, 0) is 6.61 Å². The van der Waals surface area contributed by atoms with Crippen molar-refractivity contribution in [1.82, 2.24) is 0 Å². The first-order valence-corrected chi connectivity index (χ1v) is 5.60. The van der Waals surface area contributed by atoms with Crippen molar-refractivity contribution in [3.63, 3.8) is 0 Å². The van der Waals surface area contributed by atoms with Crippen LogP contribution in [0.2, 0.25) is 5.02 Å². The van der Waals surface area contributed by atoms with Crippen LogP contribution in [0.4, 0.5) is 0 Å². The first-order valence-electron chi connectivity index (χ1n) is 5.23. The maximum atomic E-state index is 8.76. The summed E-state index contributed by atoms with van der Waals surface area (Å²) in [5, 5.41) is 18.0. The molecule has 17 heavy (non-hydrogen) atoms. The van der Waals surface area contributed by atoms with Crippen molar-refractivity contribution < 1.29 is 10.2 Å². The molecular weight excluding hydrogens is 236 g/mol.